The maximum atomic E-state index is 11.8. The molecule has 0 aromatic rings. The number of piperidine rings is 1. The van der Waals surface area contributed by atoms with Crippen LogP contribution in [0, 0.1) is 5.92 Å². The Balaban J connectivity index is 2.55. The molecule has 96 valence electrons. The quantitative estimate of drug-likeness (QED) is 0.401. The predicted molar refractivity (Wildman–Crippen MR) is 64.5 cm³/mol. The monoisotopic (exact) mass is 240 g/mol. The van der Waals surface area contributed by atoms with Gasteiger partial charge >= 0.3 is 6.09 Å². The molecule has 1 fully saturated rings. The molecule has 0 bridgehead atoms. The predicted octanol–water partition coefficient (Wildman–Crippen LogP) is 2.94. The summed E-state index contributed by atoms with van der Waals surface area (Å²) in [7, 11) is 0. The second kappa shape index (κ2) is 5.27. The Kier molecular flexibility index (Phi) is 4.23. The maximum absolute atomic E-state index is 11.8. The van der Waals surface area contributed by atoms with Gasteiger partial charge in [-0.1, -0.05) is 12.0 Å². The molecule has 1 heterocycles. The van der Waals surface area contributed by atoms with Crippen molar-refractivity contribution in [1.82, 2.24) is 4.90 Å². The van der Waals surface area contributed by atoms with E-state index in [-0.39, 0.29) is 18.1 Å². The Bertz CT molecular complexity index is 331. The lowest BCUT2D eigenvalue weighted by atomic mass is 9.95. The van der Waals surface area contributed by atoms with E-state index in [4.69, 9.17) is 10.3 Å². The van der Waals surface area contributed by atoms with E-state index in [1.165, 1.54) is 0 Å². The van der Waals surface area contributed by atoms with E-state index >= 15 is 0 Å². The lowest BCUT2D eigenvalue weighted by Gasteiger charge is -2.35. The number of rotatable bonds is 1. The van der Waals surface area contributed by atoms with Gasteiger partial charge in [0.15, 0.2) is 0 Å². The molecule has 6 nitrogen and oxygen atoms in total. The summed E-state index contributed by atoms with van der Waals surface area (Å²) in [5, 5.41) is 3.73. The molecule has 1 rings (SSSR count). The molecule has 0 N–H and O–H groups in total. The van der Waals surface area contributed by atoms with Gasteiger partial charge in [0.2, 0.25) is 0 Å². The topological polar surface area (TPSA) is 78.3 Å². The van der Waals surface area contributed by atoms with Crippen LogP contribution in [0.2, 0.25) is 0 Å². The van der Waals surface area contributed by atoms with Gasteiger partial charge in [-0.2, -0.15) is 0 Å². The summed E-state index contributed by atoms with van der Waals surface area (Å²) >= 11 is 0. The lowest BCUT2D eigenvalue weighted by Crippen LogP contribution is -2.46. The van der Waals surface area contributed by atoms with Crippen LogP contribution in [0.4, 0.5) is 4.79 Å². The first kappa shape index (κ1) is 13.6. The van der Waals surface area contributed by atoms with Gasteiger partial charge in [-0.25, -0.2) is 4.79 Å². The molecule has 1 saturated heterocycles. The molecule has 1 amide bonds. The van der Waals surface area contributed by atoms with Crippen molar-refractivity contribution in [2.24, 2.45) is 11.0 Å². The maximum Gasteiger partial charge on any atom is 0.410 e. The molecular weight excluding hydrogens is 220 g/mol. The Morgan fingerprint density at radius 3 is 2.65 bits per heavy atom. The zero-order valence-corrected chi connectivity index (χ0v) is 10.9. The van der Waals surface area contributed by atoms with Gasteiger partial charge in [-0.05, 0) is 38.6 Å². The van der Waals surface area contributed by atoms with Crippen LogP contribution in [0.3, 0.4) is 0 Å². The Labute approximate surface area is 102 Å². The smallest absolute Gasteiger partial charge is 0.410 e. The van der Waals surface area contributed by atoms with Crippen LogP contribution in [0.1, 0.15) is 34.1 Å². The minimum atomic E-state index is -0.470. The van der Waals surface area contributed by atoms with Crippen molar-refractivity contribution in [1.29, 1.82) is 0 Å². The highest BCUT2D eigenvalue weighted by Gasteiger charge is 2.30. The van der Waals surface area contributed by atoms with E-state index in [0.29, 0.717) is 19.5 Å². The number of amides is 1. The average Bonchev–Trinajstić information content (AvgIpc) is 2.18. The highest BCUT2D eigenvalue weighted by atomic mass is 16.6. The van der Waals surface area contributed by atoms with E-state index in [1.807, 2.05) is 27.7 Å². The Hall–Kier alpha value is -1.42. The van der Waals surface area contributed by atoms with Crippen LogP contribution < -0.4 is 0 Å². The van der Waals surface area contributed by atoms with Crippen molar-refractivity contribution < 1.29 is 9.53 Å². The first-order chi connectivity index (χ1) is 7.83. The fourth-order valence-corrected chi connectivity index (χ4v) is 1.86. The Morgan fingerprint density at radius 1 is 1.53 bits per heavy atom. The van der Waals surface area contributed by atoms with Crippen LogP contribution in [-0.2, 0) is 4.74 Å². The molecule has 0 aliphatic carbocycles. The van der Waals surface area contributed by atoms with Crippen LogP contribution in [-0.4, -0.2) is 35.7 Å². The molecule has 0 spiro atoms. The van der Waals surface area contributed by atoms with Crippen LogP contribution in [0.15, 0.2) is 5.11 Å². The van der Waals surface area contributed by atoms with E-state index in [9.17, 15) is 4.79 Å². The van der Waals surface area contributed by atoms with Crippen molar-refractivity contribution in [2.45, 2.75) is 45.8 Å². The van der Waals surface area contributed by atoms with Crippen molar-refractivity contribution >= 4 is 6.09 Å². The standard InChI is InChI=1S/C11H20N4O2/c1-8-7-15(6-5-9(8)13-14-12)10(16)17-11(2,3)4/h8-9H,5-7H2,1-4H3/t8-,9-/m0/s1. The summed E-state index contributed by atoms with van der Waals surface area (Å²) in [5.41, 5.74) is 7.95. The fourth-order valence-electron chi connectivity index (χ4n) is 1.86. The van der Waals surface area contributed by atoms with E-state index in [1.54, 1.807) is 4.90 Å². The average molecular weight is 240 g/mol. The molecule has 0 radical (unpaired) electrons. The summed E-state index contributed by atoms with van der Waals surface area (Å²) in [6, 6.07) is -0.0151. The number of azide groups is 1. The molecule has 0 aromatic heterocycles. The fraction of sp³-hybridized carbons (Fsp3) is 0.909. The summed E-state index contributed by atoms with van der Waals surface area (Å²) in [4.78, 5) is 16.3. The zero-order chi connectivity index (χ0) is 13.1. The SMILES string of the molecule is C[C@H]1CN(C(=O)OC(C)(C)C)CC[C@@H]1N=[N+]=[N-]. The van der Waals surface area contributed by atoms with Crippen LogP contribution >= 0.6 is 0 Å². The molecule has 0 unspecified atom stereocenters. The number of likely N-dealkylation sites (tertiary alicyclic amines) is 1. The summed E-state index contributed by atoms with van der Waals surface area (Å²) in [6.07, 6.45) is 0.411. The third-order valence-corrected chi connectivity index (χ3v) is 2.71. The normalized spacial score (nSPS) is 25.1. The minimum absolute atomic E-state index is 0.0151. The molecule has 0 aromatic carbocycles. The van der Waals surface area contributed by atoms with E-state index in [0.717, 1.165) is 0 Å². The van der Waals surface area contributed by atoms with Crippen molar-refractivity contribution in [3.63, 3.8) is 0 Å². The number of ether oxygens (including phenoxy) is 1. The van der Waals surface area contributed by atoms with Gasteiger partial charge in [-0.3, -0.25) is 0 Å². The van der Waals surface area contributed by atoms with Gasteiger partial charge in [-0.15, -0.1) is 0 Å². The number of nitrogens with zero attached hydrogens (tertiary/aromatic N) is 4. The van der Waals surface area contributed by atoms with Crippen molar-refractivity contribution in [3.8, 4) is 0 Å². The summed E-state index contributed by atoms with van der Waals surface area (Å²) in [6.45, 7) is 8.70. The van der Waals surface area contributed by atoms with Gasteiger partial charge < -0.3 is 9.64 Å². The molecule has 0 saturated carbocycles. The summed E-state index contributed by atoms with van der Waals surface area (Å²) < 4.78 is 5.30. The second-order valence-electron chi connectivity index (χ2n) is 5.46. The Morgan fingerprint density at radius 2 is 2.18 bits per heavy atom. The molecule has 17 heavy (non-hydrogen) atoms. The first-order valence-corrected chi connectivity index (χ1v) is 5.85. The minimum Gasteiger partial charge on any atom is -0.444 e. The number of carbonyl (C=O) groups is 1. The van der Waals surface area contributed by atoms with Gasteiger partial charge in [0.05, 0.1) is 0 Å². The lowest BCUT2D eigenvalue weighted by molar-refractivity contribution is 0.0158. The molecule has 1 aliphatic rings. The van der Waals surface area contributed by atoms with Crippen molar-refractivity contribution in [2.75, 3.05) is 13.1 Å². The highest BCUT2D eigenvalue weighted by molar-refractivity contribution is 5.68. The van der Waals surface area contributed by atoms with Crippen LogP contribution in [0.5, 0.6) is 0 Å². The highest BCUT2D eigenvalue weighted by Crippen LogP contribution is 2.21. The molecule has 1 aliphatic heterocycles. The molecule has 2 atom stereocenters. The van der Waals surface area contributed by atoms with Crippen molar-refractivity contribution in [3.05, 3.63) is 10.4 Å². The number of hydrogen-bond donors (Lipinski definition) is 0. The molecular formula is C11H20N4O2. The van der Waals surface area contributed by atoms with Gasteiger partial charge in [0.1, 0.15) is 5.60 Å². The van der Waals surface area contributed by atoms with Gasteiger partial charge in [0.25, 0.3) is 0 Å². The third kappa shape index (κ3) is 4.15. The van der Waals surface area contributed by atoms with E-state index in [2.05, 4.69) is 10.0 Å². The number of carbonyl (C=O) groups excluding carboxylic acids is 1. The molecule has 6 heteroatoms. The zero-order valence-electron chi connectivity index (χ0n) is 10.9. The van der Waals surface area contributed by atoms with Crippen LogP contribution in [0.25, 0.3) is 10.4 Å². The summed E-state index contributed by atoms with van der Waals surface area (Å²) in [5.74, 6) is 0.173. The third-order valence-electron chi connectivity index (χ3n) is 2.71. The number of hydrogen-bond acceptors (Lipinski definition) is 3. The van der Waals surface area contributed by atoms with E-state index < -0.39 is 5.60 Å². The largest absolute Gasteiger partial charge is 0.444 e. The first-order valence-electron chi connectivity index (χ1n) is 5.85. The second-order valence-corrected chi connectivity index (χ2v) is 5.46. The van der Waals surface area contributed by atoms with Gasteiger partial charge in [0, 0.05) is 24.0 Å².